The van der Waals surface area contributed by atoms with Crippen LogP contribution in [-0.4, -0.2) is 15.0 Å². The average Bonchev–Trinajstić information content (AvgIpc) is 2.38. The summed E-state index contributed by atoms with van der Waals surface area (Å²) < 4.78 is 0. The Bertz CT molecular complexity index is 551. The number of nitrogens with one attached hydrogen (secondary N) is 1. The van der Waals surface area contributed by atoms with E-state index in [0.29, 0.717) is 18.2 Å². The Balaban J connectivity index is 2.36. The first-order valence-electron chi connectivity index (χ1n) is 6.34. The van der Waals surface area contributed by atoms with Crippen LogP contribution in [0.5, 0.6) is 0 Å². The lowest BCUT2D eigenvalue weighted by Crippen LogP contribution is -2.15. The van der Waals surface area contributed by atoms with Gasteiger partial charge < -0.3 is 5.43 Å². The molecule has 100 valence electrons. The number of hydrazine groups is 1. The van der Waals surface area contributed by atoms with Crippen molar-refractivity contribution >= 4 is 5.82 Å². The normalized spacial score (nSPS) is 10.8. The van der Waals surface area contributed by atoms with Crippen molar-refractivity contribution in [2.24, 2.45) is 5.84 Å². The maximum Gasteiger partial charge on any atom is 0.147 e. The van der Waals surface area contributed by atoms with E-state index in [1.165, 1.54) is 0 Å². The summed E-state index contributed by atoms with van der Waals surface area (Å²) in [5, 5.41) is 0. The minimum Gasteiger partial charge on any atom is -0.308 e. The Morgan fingerprint density at radius 1 is 1.21 bits per heavy atom. The number of rotatable bonds is 4. The molecule has 0 saturated carbocycles. The van der Waals surface area contributed by atoms with Crippen molar-refractivity contribution in [2.45, 2.75) is 33.1 Å². The summed E-state index contributed by atoms with van der Waals surface area (Å²) in [7, 11) is 0. The van der Waals surface area contributed by atoms with E-state index in [0.717, 1.165) is 22.6 Å². The van der Waals surface area contributed by atoms with Crippen molar-refractivity contribution in [1.82, 2.24) is 15.0 Å². The monoisotopic (exact) mass is 257 g/mol. The van der Waals surface area contributed by atoms with Gasteiger partial charge in [-0.3, -0.25) is 4.98 Å². The quantitative estimate of drug-likeness (QED) is 0.648. The van der Waals surface area contributed by atoms with Crippen LogP contribution >= 0.6 is 0 Å². The van der Waals surface area contributed by atoms with E-state index in [1.807, 2.05) is 19.1 Å². The minimum absolute atomic E-state index is 0.334. The Morgan fingerprint density at radius 3 is 2.47 bits per heavy atom. The summed E-state index contributed by atoms with van der Waals surface area (Å²) in [4.78, 5) is 13.1. The second-order valence-corrected chi connectivity index (χ2v) is 4.82. The van der Waals surface area contributed by atoms with Gasteiger partial charge in [0, 0.05) is 30.1 Å². The highest BCUT2D eigenvalue weighted by Crippen LogP contribution is 2.24. The number of aryl methyl sites for hydroxylation is 1. The summed E-state index contributed by atoms with van der Waals surface area (Å²) in [6.45, 7) is 6.21. The highest BCUT2D eigenvalue weighted by Gasteiger charge is 2.14. The third-order valence-corrected chi connectivity index (χ3v) is 3.01. The third kappa shape index (κ3) is 3.06. The molecule has 0 aromatic carbocycles. The van der Waals surface area contributed by atoms with E-state index in [9.17, 15) is 0 Å². The van der Waals surface area contributed by atoms with E-state index in [-0.39, 0.29) is 0 Å². The Labute approximate surface area is 113 Å². The van der Waals surface area contributed by atoms with Crippen LogP contribution in [0, 0.1) is 6.92 Å². The maximum absolute atomic E-state index is 5.57. The SMILES string of the molecule is Cc1nc(Cc2ccncc2)nc(NN)c1C(C)C. The van der Waals surface area contributed by atoms with Gasteiger partial charge in [-0.25, -0.2) is 15.8 Å². The summed E-state index contributed by atoms with van der Waals surface area (Å²) in [5.41, 5.74) is 5.86. The van der Waals surface area contributed by atoms with Gasteiger partial charge in [-0.15, -0.1) is 0 Å². The Hall–Kier alpha value is -2.01. The molecule has 3 N–H and O–H groups in total. The van der Waals surface area contributed by atoms with Crippen molar-refractivity contribution < 1.29 is 0 Å². The van der Waals surface area contributed by atoms with Crippen molar-refractivity contribution in [1.29, 1.82) is 0 Å². The number of pyridine rings is 1. The van der Waals surface area contributed by atoms with Gasteiger partial charge in [-0.2, -0.15) is 0 Å². The fraction of sp³-hybridized carbons (Fsp3) is 0.357. The topological polar surface area (TPSA) is 76.7 Å². The van der Waals surface area contributed by atoms with E-state index in [2.05, 4.69) is 34.2 Å². The average molecular weight is 257 g/mol. The molecule has 2 rings (SSSR count). The van der Waals surface area contributed by atoms with Crippen molar-refractivity contribution in [3.63, 3.8) is 0 Å². The predicted octanol–water partition coefficient (Wildman–Crippen LogP) is 2.18. The smallest absolute Gasteiger partial charge is 0.147 e. The fourth-order valence-electron chi connectivity index (χ4n) is 2.20. The molecule has 0 amide bonds. The number of nitrogen functional groups attached to an aromatic ring is 1. The van der Waals surface area contributed by atoms with Crippen molar-refractivity contribution in [2.75, 3.05) is 5.43 Å². The van der Waals surface area contributed by atoms with Gasteiger partial charge >= 0.3 is 0 Å². The lowest BCUT2D eigenvalue weighted by atomic mass is 10.0. The van der Waals surface area contributed by atoms with Gasteiger partial charge in [0.05, 0.1) is 0 Å². The molecule has 0 aliphatic carbocycles. The highest BCUT2D eigenvalue weighted by atomic mass is 15.3. The molecule has 2 heterocycles. The van der Waals surface area contributed by atoms with Crippen LogP contribution in [0.3, 0.4) is 0 Å². The van der Waals surface area contributed by atoms with Gasteiger partial charge in [0.1, 0.15) is 11.6 Å². The summed E-state index contributed by atoms with van der Waals surface area (Å²) in [6.07, 6.45) is 4.22. The van der Waals surface area contributed by atoms with Crippen LogP contribution in [0.15, 0.2) is 24.5 Å². The molecule has 0 aliphatic rings. The molecule has 5 heteroatoms. The van der Waals surface area contributed by atoms with E-state index >= 15 is 0 Å². The van der Waals surface area contributed by atoms with Crippen molar-refractivity contribution in [3.8, 4) is 0 Å². The lowest BCUT2D eigenvalue weighted by Gasteiger charge is -2.15. The molecule has 0 spiro atoms. The Morgan fingerprint density at radius 2 is 1.89 bits per heavy atom. The molecule has 2 aromatic heterocycles. The largest absolute Gasteiger partial charge is 0.308 e. The molecule has 0 fully saturated rings. The molecule has 0 radical (unpaired) electrons. The van der Waals surface area contributed by atoms with Crippen LogP contribution in [0.4, 0.5) is 5.82 Å². The number of nitrogens with two attached hydrogens (primary N) is 1. The number of anilines is 1. The molecule has 0 saturated heterocycles. The van der Waals surface area contributed by atoms with E-state index in [1.54, 1.807) is 12.4 Å². The molecule has 0 bridgehead atoms. The van der Waals surface area contributed by atoms with Gasteiger partial charge in [0.15, 0.2) is 0 Å². The first kappa shape index (κ1) is 13.4. The highest BCUT2D eigenvalue weighted by molar-refractivity contribution is 5.47. The van der Waals surface area contributed by atoms with Crippen LogP contribution in [0.2, 0.25) is 0 Å². The molecular weight excluding hydrogens is 238 g/mol. The van der Waals surface area contributed by atoms with Crippen LogP contribution < -0.4 is 11.3 Å². The summed E-state index contributed by atoms with van der Waals surface area (Å²) in [5.74, 6) is 7.38. The lowest BCUT2D eigenvalue weighted by molar-refractivity contribution is 0.811. The predicted molar refractivity (Wildman–Crippen MR) is 75.7 cm³/mol. The molecular formula is C14H19N5. The molecule has 2 aromatic rings. The first-order valence-corrected chi connectivity index (χ1v) is 6.34. The minimum atomic E-state index is 0.334. The number of hydrogen-bond donors (Lipinski definition) is 2. The van der Waals surface area contributed by atoms with Gasteiger partial charge in [-0.1, -0.05) is 13.8 Å². The summed E-state index contributed by atoms with van der Waals surface area (Å²) in [6, 6.07) is 3.93. The van der Waals surface area contributed by atoms with Crippen molar-refractivity contribution in [3.05, 3.63) is 47.2 Å². The van der Waals surface area contributed by atoms with Gasteiger partial charge in [-0.05, 0) is 30.5 Å². The number of nitrogens with zero attached hydrogens (tertiary/aromatic N) is 3. The number of hydrogen-bond acceptors (Lipinski definition) is 5. The van der Waals surface area contributed by atoms with Gasteiger partial charge in [0.25, 0.3) is 0 Å². The first-order chi connectivity index (χ1) is 9.11. The zero-order valence-electron chi connectivity index (χ0n) is 11.5. The second kappa shape index (κ2) is 5.75. The van der Waals surface area contributed by atoms with E-state index < -0.39 is 0 Å². The van der Waals surface area contributed by atoms with Crippen LogP contribution in [0.1, 0.15) is 42.4 Å². The zero-order chi connectivity index (χ0) is 13.8. The summed E-state index contributed by atoms with van der Waals surface area (Å²) >= 11 is 0. The molecule has 5 nitrogen and oxygen atoms in total. The standard InChI is InChI=1S/C14H19N5/c1-9(2)13-10(3)17-12(18-14(13)19-15)8-11-4-6-16-7-5-11/h4-7,9H,8,15H2,1-3H3,(H,17,18,19). The Kier molecular flexibility index (Phi) is 4.06. The maximum atomic E-state index is 5.57. The van der Waals surface area contributed by atoms with E-state index in [4.69, 9.17) is 5.84 Å². The second-order valence-electron chi connectivity index (χ2n) is 4.82. The van der Waals surface area contributed by atoms with Gasteiger partial charge in [0.2, 0.25) is 0 Å². The molecule has 0 atom stereocenters. The zero-order valence-corrected chi connectivity index (χ0v) is 11.5. The van der Waals surface area contributed by atoms with Crippen LogP contribution in [0.25, 0.3) is 0 Å². The fourth-order valence-corrected chi connectivity index (χ4v) is 2.20. The molecule has 0 unspecified atom stereocenters. The molecule has 0 aliphatic heterocycles. The third-order valence-electron chi connectivity index (χ3n) is 3.01. The van der Waals surface area contributed by atoms with Crippen LogP contribution in [-0.2, 0) is 6.42 Å². The number of aromatic nitrogens is 3. The molecule has 19 heavy (non-hydrogen) atoms.